The molecule has 1 atom stereocenters. The zero-order valence-electron chi connectivity index (χ0n) is 13.5. The second kappa shape index (κ2) is 10.0. The zero-order valence-corrected chi connectivity index (χ0v) is 15.0. The maximum atomic E-state index is 12.4. The molecule has 132 valence electrons. The van der Waals surface area contributed by atoms with Gasteiger partial charge in [-0.05, 0) is 37.5 Å². The third kappa shape index (κ3) is 6.07. The monoisotopic (exact) mass is 373 g/mol. The van der Waals surface area contributed by atoms with Crippen molar-refractivity contribution in [3.8, 4) is 0 Å². The Balaban J connectivity index is 2.02. The van der Waals surface area contributed by atoms with Crippen LogP contribution in [-0.2, 0) is 14.2 Å². The number of ketones is 1. The van der Waals surface area contributed by atoms with Crippen LogP contribution in [0, 0.1) is 0 Å². The number of benzene rings is 1. The minimum Gasteiger partial charge on any atom is -0.365 e. The lowest BCUT2D eigenvalue weighted by molar-refractivity contribution is -0.157. The Morgan fingerprint density at radius 2 is 2.21 bits per heavy atom. The van der Waals surface area contributed by atoms with E-state index in [9.17, 15) is 4.79 Å². The van der Waals surface area contributed by atoms with Crippen molar-refractivity contribution in [3.63, 3.8) is 0 Å². The Morgan fingerprint density at radius 3 is 2.88 bits per heavy atom. The number of carbonyl (C=O) groups excluding carboxylic acids is 1. The van der Waals surface area contributed by atoms with E-state index < -0.39 is 0 Å². The average molecular weight is 374 g/mol. The first-order chi connectivity index (χ1) is 11.6. The van der Waals surface area contributed by atoms with Crippen LogP contribution < -0.4 is 5.32 Å². The van der Waals surface area contributed by atoms with Crippen LogP contribution in [0.25, 0.3) is 0 Å². The molecule has 2 rings (SSSR count). The number of halogens is 2. The Morgan fingerprint density at radius 1 is 1.38 bits per heavy atom. The van der Waals surface area contributed by atoms with Gasteiger partial charge in [-0.1, -0.05) is 23.2 Å². The van der Waals surface area contributed by atoms with Crippen molar-refractivity contribution in [2.24, 2.45) is 0 Å². The van der Waals surface area contributed by atoms with Gasteiger partial charge >= 0.3 is 0 Å². The van der Waals surface area contributed by atoms with Gasteiger partial charge in [-0.2, -0.15) is 0 Å². The first-order valence-electron chi connectivity index (χ1n) is 7.76. The Bertz CT molecular complexity index is 586. The quantitative estimate of drug-likeness (QED) is 0.426. The van der Waals surface area contributed by atoms with Crippen molar-refractivity contribution in [1.29, 1.82) is 0 Å². The molecule has 1 aromatic carbocycles. The van der Waals surface area contributed by atoms with Gasteiger partial charge in [0.05, 0.1) is 16.7 Å². The third-order valence-corrected chi connectivity index (χ3v) is 4.25. The number of ether oxygens (including phenoxy) is 3. The van der Waals surface area contributed by atoms with Crippen molar-refractivity contribution in [2.45, 2.75) is 25.6 Å². The summed E-state index contributed by atoms with van der Waals surface area (Å²) in [6.45, 7) is 1.22. The van der Waals surface area contributed by atoms with Gasteiger partial charge in [0.25, 0.3) is 0 Å². The molecule has 1 aliphatic rings. The molecule has 0 aromatic heterocycles. The highest BCUT2D eigenvalue weighted by Crippen LogP contribution is 2.23. The molecule has 24 heavy (non-hydrogen) atoms. The molecule has 1 heterocycles. The van der Waals surface area contributed by atoms with Crippen LogP contribution in [-0.4, -0.2) is 39.1 Å². The molecule has 0 amide bonds. The van der Waals surface area contributed by atoms with Crippen molar-refractivity contribution in [2.75, 3.05) is 27.1 Å². The molecule has 0 spiro atoms. The van der Waals surface area contributed by atoms with Gasteiger partial charge in [0, 0.05) is 31.1 Å². The van der Waals surface area contributed by atoms with Gasteiger partial charge < -0.3 is 19.5 Å². The molecule has 1 aromatic rings. The summed E-state index contributed by atoms with van der Waals surface area (Å²) in [7, 11) is 1.57. The third-order valence-electron chi connectivity index (χ3n) is 3.52. The van der Waals surface area contributed by atoms with Crippen LogP contribution in [0.2, 0.25) is 10.0 Å². The number of carbonyl (C=O) groups is 1. The highest BCUT2D eigenvalue weighted by molar-refractivity contribution is 6.42. The Labute approximate surface area is 151 Å². The maximum absolute atomic E-state index is 12.4. The molecule has 0 saturated carbocycles. The summed E-state index contributed by atoms with van der Waals surface area (Å²) in [6, 6.07) is 4.77. The summed E-state index contributed by atoms with van der Waals surface area (Å²) < 4.78 is 16.2. The lowest BCUT2D eigenvalue weighted by Gasteiger charge is -2.23. The van der Waals surface area contributed by atoms with E-state index in [-0.39, 0.29) is 25.4 Å². The van der Waals surface area contributed by atoms with Crippen LogP contribution in [0.5, 0.6) is 0 Å². The van der Waals surface area contributed by atoms with Gasteiger partial charge in [-0.15, -0.1) is 0 Å². The average Bonchev–Trinajstić information content (AvgIpc) is 2.60. The Hall–Kier alpha value is -1.11. The van der Waals surface area contributed by atoms with Crippen molar-refractivity contribution in [3.05, 3.63) is 45.6 Å². The normalized spacial score (nSPS) is 18.5. The Kier molecular flexibility index (Phi) is 8.02. The number of methoxy groups -OCH3 is 1. The molecule has 1 fully saturated rings. The topological polar surface area (TPSA) is 56.8 Å². The number of rotatable bonds is 8. The zero-order chi connectivity index (χ0) is 17.4. The lowest BCUT2D eigenvalue weighted by Crippen LogP contribution is -2.27. The first-order valence-corrected chi connectivity index (χ1v) is 8.51. The van der Waals surface area contributed by atoms with Crippen LogP contribution in [0.4, 0.5) is 0 Å². The maximum Gasteiger partial charge on any atom is 0.187 e. The first kappa shape index (κ1) is 19.2. The van der Waals surface area contributed by atoms with E-state index in [0.29, 0.717) is 27.9 Å². The van der Waals surface area contributed by atoms with Gasteiger partial charge in [-0.3, -0.25) is 4.79 Å². The number of allylic oxidation sites excluding steroid dienone is 1. The fourth-order valence-electron chi connectivity index (χ4n) is 2.22. The molecule has 1 unspecified atom stereocenters. The molecule has 1 saturated heterocycles. The van der Waals surface area contributed by atoms with E-state index >= 15 is 0 Å². The predicted octanol–water partition coefficient (Wildman–Crippen LogP) is 3.80. The van der Waals surface area contributed by atoms with Crippen LogP contribution >= 0.6 is 23.2 Å². The van der Waals surface area contributed by atoms with Gasteiger partial charge in [0.15, 0.2) is 12.1 Å². The van der Waals surface area contributed by atoms with Crippen LogP contribution in [0.3, 0.4) is 0 Å². The minimum absolute atomic E-state index is 0.194. The van der Waals surface area contributed by atoms with Gasteiger partial charge in [0.2, 0.25) is 0 Å². The van der Waals surface area contributed by atoms with Crippen LogP contribution in [0.15, 0.2) is 30.0 Å². The number of hydrogen-bond donors (Lipinski definition) is 1. The summed E-state index contributed by atoms with van der Waals surface area (Å²) in [6.07, 6.45) is 4.24. The standard InChI is InChI=1S/C17H21Cl2NO4/c1-22-11-20-13(10-24-17-4-2-3-7-23-17)9-16(21)12-5-6-14(18)15(19)8-12/h5-6,8-9,17,20H,2-4,7,10-11H2,1H3. The summed E-state index contributed by atoms with van der Waals surface area (Å²) in [4.78, 5) is 12.4. The second-order valence-corrected chi connectivity index (χ2v) is 6.19. The number of hydrogen-bond acceptors (Lipinski definition) is 5. The summed E-state index contributed by atoms with van der Waals surface area (Å²) in [5.41, 5.74) is 1.07. The largest absolute Gasteiger partial charge is 0.365 e. The van der Waals surface area contributed by atoms with E-state index in [1.54, 1.807) is 25.3 Å². The van der Waals surface area contributed by atoms with E-state index in [0.717, 1.165) is 19.3 Å². The predicted molar refractivity (Wildman–Crippen MR) is 93.4 cm³/mol. The molecule has 0 radical (unpaired) electrons. The summed E-state index contributed by atoms with van der Waals surface area (Å²) >= 11 is 11.8. The van der Waals surface area contributed by atoms with Gasteiger partial charge in [0.1, 0.15) is 6.73 Å². The summed E-state index contributed by atoms with van der Waals surface area (Å²) in [5, 5.41) is 3.77. The lowest BCUT2D eigenvalue weighted by atomic mass is 10.1. The van der Waals surface area contributed by atoms with Crippen molar-refractivity contribution < 1.29 is 19.0 Å². The number of nitrogens with one attached hydrogen (secondary N) is 1. The van der Waals surface area contributed by atoms with E-state index in [4.69, 9.17) is 37.4 Å². The fourth-order valence-corrected chi connectivity index (χ4v) is 2.52. The van der Waals surface area contributed by atoms with E-state index in [1.807, 2.05) is 0 Å². The fraction of sp³-hybridized carbons (Fsp3) is 0.471. The van der Waals surface area contributed by atoms with Crippen LogP contribution in [0.1, 0.15) is 29.6 Å². The minimum atomic E-state index is -0.230. The van der Waals surface area contributed by atoms with E-state index in [1.165, 1.54) is 6.08 Å². The molecule has 0 aliphatic carbocycles. The molecular formula is C17H21Cl2NO4. The molecule has 7 heteroatoms. The highest BCUT2D eigenvalue weighted by Gasteiger charge is 2.15. The highest BCUT2D eigenvalue weighted by atomic mass is 35.5. The van der Waals surface area contributed by atoms with Gasteiger partial charge in [-0.25, -0.2) is 0 Å². The SMILES string of the molecule is COCNC(=CC(=O)c1ccc(Cl)c(Cl)c1)COC1CCCCO1. The molecule has 1 aliphatic heterocycles. The molecule has 1 N–H and O–H groups in total. The van der Waals surface area contributed by atoms with E-state index in [2.05, 4.69) is 5.32 Å². The second-order valence-electron chi connectivity index (χ2n) is 5.38. The molecular weight excluding hydrogens is 353 g/mol. The smallest absolute Gasteiger partial charge is 0.187 e. The molecule has 5 nitrogen and oxygen atoms in total. The van der Waals surface area contributed by atoms with Crippen molar-refractivity contribution >= 4 is 29.0 Å². The van der Waals surface area contributed by atoms with Crippen molar-refractivity contribution in [1.82, 2.24) is 5.32 Å². The molecule has 0 bridgehead atoms. The summed E-state index contributed by atoms with van der Waals surface area (Å²) in [5.74, 6) is -0.194.